The van der Waals surface area contributed by atoms with E-state index in [0.29, 0.717) is 26.2 Å². The molecule has 1 amide bonds. The van der Waals surface area contributed by atoms with Gasteiger partial charge in [0, 0.05) is 37.6 Å². The van der Waals surface area contributed by atoms with Crippen LogP contribution in [0.15, 0.2) is 12.1 Å². The molecule has 0 bridgehead atoms. The lowest BCUT2D eigenvalue weighted by atomic mass is 10.3. The Hall–Kier alpha value is -0.990. The number of halogens is 4. The van der Waals surface area contributed by atoms with Gasteiger partial charge in [0.15, 0.2) is 6.61 Å². The molecule has 0 N–H and O–H groups in total. The third-order valence-electron chi connectivity index (χ3n) is 3.00. The van der Waals surface area contributed by atoms with E-state index >= 15 is 0 Å². The Kier molecular flexibility index (Phi) is 5.34. The average Bonchev–Trinajstić information content (AvgIpc) is 2.81. The van der Waals surface area contributed by atoms with Crippen molar-refractivity contribution in [1.82, 2.24) is 9.80 Å². The number of hydrogen-bond acceptors (Lipinski definition) is 4. The van der Waals surface area contributed by atoms with Gasteiger partial charge in [0.05, 0.1) is 4.34 Å². The minimum Gasteiger partial charge on any atom is -0.440 e. The zero-order chi connectivity index (χ0) is 15.5. The highest BCUT2D eigenvalue weighted by Gasteiger charge is 2.31. The van der Waals surface area contributed by atoms with Gasteiger partial charge in [-0.15, -0.1) is 11.3 Å². The third-order valence-corrected chi connectivity index (χ3v) is 4.21. The number of nitrogens with zero attached hydrogens (tertiary/aromatic N) is 2. The number of ether oxygens (including phenoxy) is 1. The predicted molar refractivity (Wildman–Crippen MR) is 73.6 cm³/mol. The van der Waals surface area contributed by atoms with Crippen molar-refractivity contribution in [2.24, 2.45) is 0 Å². The summed E-state index contributed by atoms with van der Waals surface area (Å²) < 4.78 is 40.9. The van der Waals surface area contributed by atoms with Gasteiger partial charge in [-0.05, 0) is 12.1 Å². The van der Waals surface area contributed by atoms with Crippen LogP contribution < -0.4 is 0 Å². The summed E-state index contributed by atoms with van der Waals surface area (Å²) in [4.78, 5) is 16.0. The molecule has 4 nitrogen and oxygen atoms in total. The van der Waals surface area contributed by atoms with Crippen molar-refractivity contribution < 1.29 is 22.7 Å². The summed E-state index contributed by atoms with van der Waals surface area (Å²) in [7, 11) is 0. The second kappa shape index (κ2) is 6.85. The second-order valence-corrected chi connectivity index (χ2v) is 6.44. The summed E-state index contributed by atoms with van der Waals surface area (Å²) in [5.41, 5.74) is 0. The molecule has 1 aliphatic rings. The molecule has 0 aliphatic carbocycles. The normalized spacial score (nSPS) is 17.0. The Morgan fingerprint density at radius 3 is 2.48 bits per heavy atom. The van der Waals surface area contributed by atoms with Crippen molar-refractivity contribution >= 4 is 29.0 Å². The van der Waals surface area contributed by atoms with Gasteiger partial charge in [0.2, 0.25) is 0 Å². The lowest BCUT2D eigenvalue weighted by Gasteiger charge is -2.33. The molecule has 1 aromatic heterocycles. The van der Waals surface area contributed by atoms with Gasteiger partial charge in [0.25, 0.3) is 0 Å². The third kappa shape index (κ3) is 5.37. The van der Waals surface area contributed by atoms with Gasteiger partial charge in [-0.1, -0.05) is 11.6 Å². The second-order valence-electron chi connectivity index (χ2n) is 4.64. The van der Waals surface area contributed by atoms with E-state index < -0.39 is 18.9 Å². The first-order chi connectivity index (χ1) is 9.83. The van der Waals surface area contributed by atoms with E-state index in [9.17, 15) is 18.0 Å². The maximum atomic E-state index is 12.0. The molecule has 0 atom stereocenters. The molecule has 118 valence electrons. The van der Waals surface area contributed by atoms with Crippen LogP contribution in [0.5, 0.6) is 0 Å². The van der Waals surface area contributed by atoms with Crippen LogP contribution in [0.3, 0.4) is 0 Å². The maximum absolute atomic E-state index is 12.0. The Labute approximate surface area is 129 Å². The zero-order valence-electron chi connectivity index (χ0n) is 11.0. The largest absolute Gasteiger partial charge is 0.440 e. The van der Waals surface area contributed by atoms with Gasteiger partial charge in [-0.2, -0.15) is 13.2 Å². The fourth-order valence-electron chi connectivity index (χ4n) is 1.98. The predicted octanol–water partition coefficient (Wildman–Crippen LogP) is 3.22. The number of rotatable bonds is 3. The number of hydrogen-bond donors (Lipinski definition) is 0. The summed E-state index contributed by atoms with van der Waals surface area (Å²) in [6.45, 7) is 1.08. The fourth-order valence-corrected chi connectivity index (χ4v) is 3.11. The van der Waals surface area contributed by atoms with Crippen LogP contribution in [0.2, 0.25) is 4.34 Å². The van der Waals surface area contributed by atoms with Gasteiger partial charge in [-0.25, -0.2) is 4.79 Å². The molecule has 0 unspecified atom stereocenters. The molecule has 0 spiro atoms. The van der Waals surface area contributed by atoms with Crippen LogP contribution in [0, 0.1) is 0 Å². The number of amides is 1. The number of thiophene rings is 1. The summed E-state index contributed by atoms with van der Waals surface area (Å²) >= 11 is 7.35. The molecule has 1 saturated heterocycles. The van der Waals surface area contributed by atoms with E-state index in [1.165, 1.54) is 16.2 Å². The zero-order valence-corrected chi connectivity index (χ0v) is 12.6. The van der Waals surface area contributed by atoms with Crippen LogP contribution in [-0.4, -0.2) is 54.9 Å². The van der Waals surface area contributed by atoms with Gasteiger partial charge in [-0.3, -0.25) is 4.90 Å². The van der Waals surface area contributed by atoms with Crippen molar-refractivity contribution in [3.8, 4) is 0 Å². The standard InChI is InChI=1S/C12H14ClF3N2O2S/c13-10-2-1-9(21-10)7-17-3-5-18(6-4-17)11(19)20-8-12(14,15)16/h1-2H,3-8H2. The number of carbonyl (C=O) groups is 1. The number of carbonyl (C=O) groups excluding carboxylic acids is 1. The van der Waals surface area contributed by atoms with E-state index in [2.05, 4.69) is 9.64 Å². The molecular formula is C12H14ClF3N2O2S. The molecule has 1 aromatic rings. The average molecular weight is 343 g/mol. The maximum Gasteiger partial charge on any atom is 0.422 e. The van der Waals surface area contributed by atoms with Gasteiger partial charge in [0.1, 0.15) is 0 Å². The molecule has 9 heteroatoms. The molecule has 0 aromatic carbocycles. The molecule has 2 heterocycles. The Bertz CT molecular complexity index is 487. The summed E-state index contributed by atoms with van der Waals surface area (Å²) in [5, 5.41) is 0. The van der Waals surface area contributed by atoms with Crippen molar-refractivity contribution in [3.63, 3.8) is 0 Å². The molecule has 0 radical (unpaired) electrons. The van der Waals surface area contributed by atoms with E-state index in [4.69, 9.17) is 11.6 Å². The Balaban J connectivity index is 1.74. The van der Waals surface area contributed by atoms with Crippen LogP contribution in [0.4, 0.5) is 18.0 Å². The van der Waals surface area contributed by atoms with Crippen LogP contribution in [-0.2, 0) is 11.3 Å². The Morgan fingerprint density at radius 2 is 1.95 bits per heavy atom. The highest BCUT2D eigenvalue weighted by molar-refractivity contribution is 7.16. The summed E-state index contributed by atoms with van der Waals surface area (Å²) in [6, 6.07) is 3.77. The topological polar surface area (TPSA) is 32.8 Å². The SMILES string of the molecule is O=C(OCC(F)(F)F)N1CCN(Cc2ccc(Cl)s2)CC1. The van der Waals surface area contributed by atoms with Crippen molar-refractivity contribution in [2.75, 3.05) is 32.8 Å². The minimum atomic E-state index is -4.49. The first kappa shape index (κ1) is 16.4. The molecule has 1 aliphatic heterocycles. The first-order valence-electron chi connectivity index (χ1n) is 6.28. The quantitative estimate of drug-likeness (QED) is 0.845. The lowest BCUT2D eigenvalue weighted by Crippen LogP contribution is -2.48. The smallest absolute Gasteiger partial charge is 0.422 e. The monoisotopic (exact) mass is 342 g/mol. The van der Waals surface area contributed by atoms with E-state index in [1.54, 1.807) is 0 Å². The number of alkyl halides is 3. The van der Waals surface area contributed by atoms with E-state index in [-0.39, 0.29) is 0 Å². The molecule has 0 saturated carbocycles. The molecule has 21 heavy (non-hydrogen) atoms. The van der Waals surface area contributed by atoms with Crippen LogP contribution in [0.25, 0.3) is 0 Å². The molecule has 2 rings (SSSR count). The van der Waals surface area contributed by atoms with Gasteiger partial charge >= 0.3 is 12.3 Å². The molecule has 1 fully saturated rings. The lowest BCUT2D eigenvalue weighted by molar-refractivity contribution is -0.162. The summed E-state index contributed by atoms with van der Waals surface area (Å²) in [6.07, 6.45) is -5.40. The van der Waals surface area contributed by atoms with Gasteiger partial charge < -0.3 is 9.64 Å². The highest BCUT2D eigenvalue weighted by Crippen LogP contribution is 2.23. The number of piperazine rings is 1. The Morgan fingerprint density at radius 1 is 1.29 bits per heavy atom. The first-order valence-corrected chi connectivity index (χ1v) is 7.48. The van der Waals surface area contributed by atoms with E-state index in [0.717, 1.165) is 15.8 Å². The van der Waals surface area contributed by atoms with Crippen molar-refractivity contribution in [1.29, 1.82) is 0 Å². The molecular weight excluding hydrogens is 329 g/mol. The summed E-state index contributed by atoms with van der Waals surface area (Å²) in [5.74, 6) is 0. The van der Waals surface area contributed by atoms with E-state index in [1.807, 2.05) is 12.1 Å². The van der Waals surface area contributed by atoms with Crippen LogP contribution in [0.1, 0.15) is 4.88 Å². The van der Waals surface area contributed by atoms with Crippen LogP contribution >= 0.6 is 22.9 Å². The van der Waals surface area contributed by atoms with Crippen molar-refractivity contribution in [3.05, 3.63) is 21.3 Å². The highest BCUT2D eigenvalue weighted by atomic mass is 35.5. The van der Waals surface area contributed by atoms with Crippen molar-refractivity contribution in [2.45, 2.75) is 12.7 Å². The minimum absolute atomic E-state index is 0.357. The fraction of sp³-hybridized carbons (Fsp3) is 0.583.